The third-order valence-electron chi connectivity index (χ3n) is 2.82. The van der Waals surface area contributed by atoms with Crippen LogP contribution in [0, 0.1) is 0 Å². The summed E-state index contributed by atoms with van der Waals surface area (Å²) in [5.74, 6) is -2.08. The molecule has 2 N–H and O–H groups in total. The van der Waals surface area contributed by atoms with Gasteiger partial charge in [0.05, 0.1) is 6.61 Å². The van der Waals surface area contributed by atoms with Gasteiger partial charge in [-0.15, -0.1) is 0 Å². The Morgan fingerprint density at radius 1 is 1.20 bits per heavy atom. The number of halogens is 3. The van der Waals surface area contributed by atoms with E-state index < -0.39 is 36.7 Å². The number of carbonyl (C=O) groups is 2. The highest BCUT2D eigenvalue weighted by atomic mass is 19.4. The van der Waals surface area contributed by atoms with Crippen LogP contribution >= 0.6 is 0 Å². The molecule has 0 saturated heterocycles. The first-order chi connectivity index (χ1) is 9.17. The Kier molecular flexibility index (Phi) is 7.55. The minimum Gasteiger partial charge on any atom is -0.464 e. The van der Waals surface area contributed by atoms with Gasteiger partial charge in [0, 0.05) is 6.04 Å². The summed E-state index contributed by atoms with van der Waals surface area (Å²) < 4.78 is 42.2. The van der Waals surface area contributed by atoms with Crippen LogP contribution in [-0.4, -0.2) is 48.2 Å². The Balaban J connectivity index is 5.10. The van der Waals surface area contributed by atoms with E-state index in [9.17, 15) is 22.8 Å². The highest BCUT2D eigenvalue weighted by Crippen LogP contribution is 2.21. The van der Waals surface area contributed by atoms with Crippen LogP contribution in [0.4, 0.5) is 13.2 Å². The van der Waals surface area contributed by atoms with Crippen molar-refractivity contribution in [3.8, 4) is 0 Å². The zero-order chi connectivity index (χ0) is 15.9. The monoisotopic (exact) mass is 298 g/mol. The second-order valence-electron chi connectivity index (χ2n) is 4.28. The van der Waals surface area contributed by atoms with E-state index in [1.165, 1.54) is 6.92 Å². The molecule has 0 rings (SSSR count). The molecular formula is C12H21F3N2O3. The van der Waals surface area contributed by atoms with E-state index in [1.807, 2.05) is 0 Å². The van der Waals surface area contributed by atoms with Crippen molar-refractivity contribution in [1.82, 2.24) is 4.90 Å². The largest absolute Gasteiger partial charge is 0.464 e. The molecule has 0 aromatic heterocycles. The van der Waals surface area contributed by atoms with Crippen LogP contribution < -0.4 is 5.73 Å². The first-order valence-corrected chi connectivity index (χ1v) is 6.47. The zero-order valence-corrected chi connectivity index (χ0v) is 11.9. The van der Waals surface area contributed by atoms with E-state index in [0.717, 1.165) is 0 Å². The second kappa shape index (κ2) is 8.08. The predicted molar refractivity (Wildman–Crippen MR) is 66.7 cm³/mol. The van der Waals surface area contributed by atoms with Crippen LogP contribution in [0.15, 0.2) is 0 Å². The number of amides is 1. The molecule has 1 unspecified atom stereocenters. The minimum absolute atomic E-state index is 0.00404. The van der Waals surface area contributed by atoms with Crippen molar-refractivity contribution in [1.29, 1.82) is 0 Å². The maximum absolute atomic E-state index is 12.6. The Morgan fingerprint density at radius 3 is 2.05 bits per heavy atom. The minimum atomic E-state index is -4.55. The van der Waals surface area contributed by atoms with E-state index in [0.29, 0.717) is 17.7 Å². The van der Waals surface area contributed by atoms with Crippen molar-refractivity contribution in [2.24, 2.45) is 5.73 Å². The number of rotatable bonds is 7. The summed E-state index contributed by atoms with van der Waals surface area (Å²) >= 11 is 0. The maximum Gasteiger partial charge on any atom is 0.406 e. The fourth-order valence-electron chi connectivity index (χ4n) is 1.82. The molecule has 0 aliphatic carbocycles. The predicted octanol–water partition coefficient (Wildman–Crippen LogP) is 1.46. The summed E-state index contributed by atoms with van der Waals surface area (Å²) in [6, 6.07) is -2.34. The van der Waals surface area contributed by atoms with Crippen molar-refractivity contribution >= 4 is 11.9 Å². The van der Waals surface area contributed by atoms with Crippen LogP contribution in [-0.2, 0) is 14.3 Å². The number of alkyl halides is 3. The molecule has 20 heavy (non-hydrogen) atoms. The maximum atomic E-state index is 12.6. The van der Waals surface area contributed by atoms with Crippen LogP contribution in [0.2, 0.25) is 0 Å². The molecule has 5 nitrogen and oxygen atoms in total. The van der Waals surface area contributed by atoms with Crippen LogP contribution in [0.3, 0.4) is 0 Å². The molecule has 8 heteroatoms. The number of hydrogen-bond donors (Lipinski definition) is 1. The van der Waals surface area contributed by atoms with Gasteiger partial charge in [0.25, 0.3) is 5.91 Å². The summed E-state index contributed by atoms with van der Waals surface area (Å²) in [6.45, 7) is 3.43. The molecule has 0 aromatic rings. The topological polar surface area (TPSA) is 72.6 Å². The lowest BCUT2D eigenvalue weighted by molar-refractivity contribution is -0.170. The molecule has 0 bridgehead atoms. The fourth-order valence-corrected chi connectivity index (χ4v) is 1.82. The van der Waals surface area contributed by atoms with Crippen LogP contribution in [0.5, 0.6) is 0 Å². The molecule has 0 heterocycles. The van der Waals surface area contributed by atoms with E-state index in [2.05, 4.69) is 4.74 Å². The Labute approximate surface area is 116 Å². The average Bonchev–Trinajstić information content (AvgIpc) is 2.36. The SMILES string of the molecule is CCOC(=O)C(N)C(=O)N(CC(F)(F)F)C(CC)CC. The van der Waals surface area contributed by atoms with Crippen molar-refractivity contribution in [3.05, 3.63) is 0 Å². The second-order valence-corrected chi connectivity index (χ2v) is 4.28. The van der Waals surface area contributed by atoms with E-state index in [1.54, 1.807) is 13.8 Å². The molecule has 0 aliphatic heterocycles. The number of nitrogens with two attached hydrogens (primary N) is 1. The van der Waals surface area contributed by atoms with Crippen LogP contribution in [0.25, 0.3) is 0 Å². The number of nitrogens with zero attached hydrogens (tertiary/aromatic N) is 1. The van der Waals surface area contributed by atoms with Gasteiger partial charge < -0.3 is 15.4 Å². The van der Waals surface area contributed by atoms with Crippen molar-refractivity contribution in [2.75, 3.05) is 13.2 Å². The summed E-state index contributed by atoms with van der Waals surface area (Å²) in [7, 11) is 0. The van der Waals surface area contributed by atoms with Gasteiger partial charge in [-0.2, -0.15) is 13.2 Å². The van der Waals surface area contributed by atoms with Gasteiger partial charge in [-0.25, -0.2) is 4.79 Å². The Morgan fingerprint density at radius 2 is 1.70 bits per heavy atom. The highest BCUT2D eigenvalue weighted by molar-refractivity contribution is 6.01. The molecule has 0 fully saturated rings. The van der Waals surface area contributed by atoms with Gasteiger partial charge >= 0.3 is 12.1 Å². The van der Waals surface area contributed by atoms with Crippen LogP contribution in [0.1, 0.15) is 33.6 Å². The summed E-state index contributed by atoms with van der Waals surface area (Å²) in [5.41, 5.74) is 5.38. The molecular weight excluding hydrogens is 277 g/mol. The Bertz CT molecular complexity index is 330. The standard InChI is InChI=1S/C12H21F3N2O3/c1-4-8(5-2)17(7-12(13,14)15)10(18)9(16)11(19)20-6-3/h8-9H,4-7,16H2,1-3H3. The van der Waals surface area contributed by atoms with Gasteiger partial charge in [-0.3, -0.25) is 4.79 Å². The molecule has 0 aliphatic rings. The summed E-state index contributed by atoms with van der Waals surface area (Å²) in [6.07, 6.45) is -3.87. The van der Waals surface area contributed by atoms with Gasteiger partial charge in [0.15, 0.2) is 6.04 Å². The molecule has 0 radical (unpaired) electrons. The molecule has 1 amide bonds. The van der Waals surface area contributed by atoms with Gasteiger partial charge in [0.1, 0.15) is 6.54 Å². The number of carbonyl (C=O) groups excluding carboxylic acids is 2. The number of hydrogen-bond acceptors (Lipinski definition) is 4. The Hall–Kier alpha value is -1.31. The lowest BCUT2D eigenvalue weighted by Crippen LogP contribution is -2.54. The average molecular weight is 298 g/mol. The lowest BCUT2D eigenvalue weighted by atomic mass is 10.1. The van der Waals surface area contributed by atoms with Gasteiger partial charge in [-0.1, -0.05) is 13.8 Å². The summed E-state index contributed by atoms with van der Waals surface area (Å²) in [5, 5.41) is 0. The molecule has 0 aromatic carbocycles. The molecule has 1 atom stereocenters. The van der Waals surface area contributed by atoms with Gasteiger partial charge in [-0.05, 0) is 19.8 Å². The van der Waals surface area contributed by atoms with Gasteiger partial charge in [0.2, 0.25) is 0 Å². The molecule has 118 valence electrons. The highest BCUT2D eigenvalue weighted by Gasteiger charge is 2.39. The zero-order valence-electron chi connectivity index (χ0n) is 11.9. The smallest absolute Gasteiger partial charge is 0.406 e. The number of esters is 1. The van der Waals surface area contributed by atoms with E-state index in [-0.39, 0.29) is 6.61 Å². The third-order valence-corrected chi connectivity index (χ3v) is 2.82. The fraction of sp³-hybridized carbons (Fsp3) is 0.833. The third kappa shape index (κ3) is 5.77. The first-order valence-electron chi connectivity index (χ1n) is 6.47. The quantitative estimate of drug-likeness (QED) is 0.570. The van der Waals surface area contributed by atoms with Crippen molar-refractivity contribution in [3.63, 3.8) is 0 Å². The van der Waals surface area contributed by atoms with E-state index in [4.69, 9.17) is 5.73 Å². The van der Waals surface area contributed by atoms with Crippen molar-refractivity contribution in [2.45, 2.75) is 51.9 Å². The van der Waals surface area contributed by atoms with E-state index >= 15 is 0 Å². The normalized spacial score (nSPS) is 13.2. The summed E-state index contributed by atoms with van der Waals surface area (Å²) in [4.78, 5) is 24.0. The first kappa shape index (κ1) is 18.7. The molecule has 0 spiro atoms. The van der Waals surface area contributed by atoms with Crippen molar-refractivity contribution < 1.29 is 27.5 Å². The molecule has 0 saturated carbocycles. The lowest BCUT2D eigenvalue weighted by Gasteiger charge is -2.32. The number of ether oxygens (including phenoxy) is 1.